The predicted octanol–water partition coefficient (Wildman–Crippen LogP) is 1.90. The number of benzene rings is 1. The van der Waals surface area contributed by atoms with Crippen LogP contribution in [0.4, 0.5) is 0 Å². The van der Waals surface area contributed by atoms with Crippen LogP contribution in [0.3, 0.4) is 0 Å². The number of aliphatic imine (C=N–C) groups is 1. The lowest BCUT2D eigenvalue weighted by molar-refractivity contribution is 0.254. The van der Waals surface area contributed by atoms with Crippen LogP contribution in [-0.4, -0.2) is 51.7 Å². The highest BCUT2D eigenvalue weighted by Gasteiger charge is 2.30. The molecule has 27 heavy (non-hydrogen) atoms. The van der Waals surface area contributed by atoms with Gasteiger partial charge in [-0.25, -0.2) is 8.42 Å². The van der Waals surface area contributed by atoms with Crippen molar-refractivity contribution >= 4 is 15.8 Å². The van der Waals surface area contributed by atoms with Crippen molar-refractivity contribution in [2.24, 2.45) is 4.99 Å². The molecule has 8 heteroatoms. The zero-order valence-electron chi connectivity index (χ0n) is 17.0. The maximum Gasteiger partial charge on any atom is 0.191 e. The van der Waals surface area contributed by atoms with Gasteiger partial charge < -0.3 is 20.1 Å². The van der Waals surface area contributed by atoms with Gasteiger partial charge in [0.15, 0.2) is 15.8 Å². The average molecular weight is 398 g/mol. The van der Waals surface area contributed by atoms with Crippen molar-refractivity contribution in [3.8, 4) is 11.5 Å². The van der Waals surface area contributed by atoms with Crippen LogP contribution in [0.5, 0.6) is 11.5 Å². The molecule has 1 aliphatic heterocycles. The van der Waals surface area contributed by atoms with Crippen molar-refractivity contribution in [3.05, 3.63) is 23.3 Å². The molecule has 1 atom stereocenters. The summed E-state index contributed by atoms with van der Waals surface area (Å²) in [6.07, 6.45) is 2.29. The van der Waals surface area contributed by atoms with Crippen LogP contribution < -0.4 is 20.1 Å². The largest absolute Gasteiger partial charge is 0.494 e. The van der Waals surface area contributed by atoms with Gasteiger partial charge in [0.2, 0.25) is 0 Å². The normalized spacial score (nSPS) is 17.3. The third kappa shape index (κ3) is 5.28. The van der Waals surface area contributed by atoms with Gasteiger partial charge in [-0.2, -0.15) is 0 Å². The van der Waals surface area contributed by atoms with Crippen molar-refractivity contribution < 1.29 is 17.9 Å². The Hall–Kier alpha value is -1.96. The van der Waals surface area contributed by atoms with E-state index in [1.807, 2.05) is 26.0 Å². The quantitative estimate of drug-likeness (QED) is 0.540. The van der Waals surface area contributed by atoms with Crippen LogP contribution in [0.2, 0.25) is 0 Å². The molecule has 0 fully saturated rings. The predicted molar refractivity (Wildman–Crippen MR) is 109 cm³/mol. The van der Waals surface area contributed by atoms with Gasteiger partial charge in [0, 0.05) is 43.9 Å². The van der Waals surface area contributed by atoms with E-state index in [0.29, 0.717) is 19.1 Å². The Morgan fingerprint density at radius 3 is 2.67 bits per heavy atom. The fourth-order valence-corrected chi connectivity index (χ4v) is 3.07. The molecule has 1 aliphatic rings. The Bertz CT molecular complexity index is 803. The summed E-state index contributed by atoms with van der Waals surface area (Å²) in [6, 6.07) is 4.05. The first-order valence-corrected chi connectivity index (χ1v) is 11.1. The molecule has 1 aromatic carbocycles. The molecule has 152 valence electrons. The van der Waals surface area contributed by atoms with Gasteiger partial charge in [-0.05, 0) is 39.8 Å². The number of nitrogens with one attached hydrogen (secondary N) is 2. The lowest BCUT2D eigenvalue weighted by Crippen LogP contribution is -2.47. The molecule has 0 radical (unpaired) electrons. The summed E-state index contributed by atoms with van der Waals surface area (Å²) in [4.78, 5) is 4.18. The first-order valence-electron chi connectivity index (χ1n) is 9.16. The van der Waals surface area contributed by atoms with E-state index in [4.69, 9.17) is 9.47 Å². The van der Waals surface area contributed by atoms with Crippen LogP contribution in [0.25, 0.3) is 0 Å². The number of fused-ring (bicyclic) bond motifs is 1. The van der Waals surface area contributed by atoms with Crippen LogP contribution in [0.1, 0.15) is 38.8 Å². The minimum absolute atomic E-state index is 0.172. The molecule has 0 aromatic heterocycles. The lowest BCUT2D eigenvalue weighted by Gasteiger charge is -2.24. The summed E-state index contributed by atoms with van der Waals surface area (Å²) in [5.41, 5.74) is 2.13. The second-order valence-corrected chi connectivity index (χ2v) is 10.1. The minimum Gasteiger partial charge on any atom is -0.494 e. The molecule has 2 rings (SSSR count). The maximum absolute atomic E-state index is 11.9. The summed E-state index contributed by atoms with van der Waals surface area (Å²) < 4.78 is 34.5. The molecule has 0 saturated carbocycles. The first kappa shape index (κ1) is 21.3. The smallest absolute Gasteiger partial charge is 0.191 e. The van der Waals surface area contributed by atoms with E-state index < -0.39 is 14.6 Å². The fraction of sp³-hybridized carbons (Fsp3) is 0.632. The van der Waals surface area contributed by atoms with E-state index in [1.165, 1.54) is 6.26 Å². The van der Waals surface area contributed by atoms with Crippen molar-refractivity contribution in [1.82, 2.24) is 10.6 Å². The van der Waals surface area contributed by atoms with Crippen molar-refractivity contribution in [2.45, 2.75) is 51.5 Å². The molecule has 1 unspecified atom stereocenters. The third-order valence-electron chi connectivity index (χ3n) is 4.73. The van der Waals surface area contributed by atoms with Crippen LogP contribution in [0.15, 0.2) is 17.1 Å². The molecule has 2 N–H and O–H groups in total. The Morgan fingerprint density at radius 2 is 2.07 bits per heavy atom. The van der Waals surface area contributed by atoms with E-state index in [1.54, 1.807) is 20.9 Å². The highest BCUT2D eigenvalue weighted by atomic mass is 32.2. The highest BCUT2D eigenvalue weighted by molar-refractivity contribution is 7.92. The van der Waals surface area contributed by atoms with Crippen LogP contribution in [0, 0.1) is 0 Å². The van der Waals surface area contributed by atoms with E-state index in [-0.39, 0.29) is 12.6 Å². The van der Waals surface area contributed by atoms with Crippen LogP contribution >= 0.6 is 0 Å². The number of nitrogens with zero attached hydrogens (tertiary/aromatic N) is 1. The number of hydrogen-bond donors (Lipinski definition) is 2. The molecule has 0 spiro atoms. The van der Waals surface area contributed by atoms with Crippen molar-refractivity contribution in [2.75, 3.05) is 26.5 Å². The summed E-state index contributed by atoms with van der Waals surface area (Å²) in [5.74, 6) is 2.25. The molecular weight excluding hydrogens is 366 g/mol. The lowest BCUT2D eigenvalue weighted by atomic mass is 10.1. The number of guanidine groups is 1. The second-order valence-electron chi connectivity index (χ2n) is 7.44. The number of sulfone groups is 1. The van der Waals surface area contributed by atoms with E-state index in [0.717, 1.165) is 29.0 Å². The second kappa shape index (κ2) is 8.37. The topological polar surface area (TPSA) is 89.0 Å². The SMILES string of the molecule is CCOc1cc2c(cc1CNC(=NC)NCC(C)(C)S(C)(=O)=O)OC(C)C2. The molecule has 0 aliphatic carbocycles. The van der Waals surface area contributed by atoms with E-state index in [9.17, 15) is 8.42 Å². The fourth-order valence-electron chi connectivity index (χ4n) is 2.74. The van der Waals surface area contributed by atoms with E-state index >= 15 is 0 Å². The molecule has 7 nitrogen and oxygen atoms in total. The monoisotopic (exact) mass is 397 g/mol. The summed E-state index contributed by atoms with van der Waals surface area (Å²) >= 11 is 0. The van der Waals surface area contributed by atoms with Gasteiger partial charge in [0.05, 0.1) is 11.4 Å². The van der Waals surface area contributed by atoms with Gasteiger partial charge in [0.25, 0.3) is 0 Å². The standard InChI is InChI=1S/C19H31N3O4S/c1-7-25-16-9-14-8-13(2)26-17(14)10-15(16)11-21-18(20-5)22-12-19(3,4)27(6,23)24/h9-10,13H,7-8,11-12H2,1-6H3,(H2,20,21,22). The third-order valence-corrected chi connectivity index (χ3v) is 6.89. The van der Waals surface area contributed by atoms with Crippen LogP contribution in [-0.2, 0) is 22.8 Å². The van der Waals surface area contributed by atoms with E-state index in [2.05, 4.69) is 15.6 Å². The zero-order chi connectivity index (χ0) is 20.2. The average Bonchev–Trinajstić information content (AvgIpc) is 2.93. The Morgan fingerprint density at radius 1 is 1.37 bits per heavy atom. The summed E-state index contributed by atoms with van der Waals surface area (Å²) in [6.45, 7) is 8.71. The van der Waals surface area contributed by atoms with Gasteiger partial charge in [-0.3, -0.25) is 4.99 Å². The molecule has 0 bridgehead atoms. The van der Waals surface area contributed by atoms with Crippen molar-refractivity contribution in [3.63, 3.8) is 0 Å². The number of rotatable bonds is 7. The van der Waals surface area contributed by atoms with Gasteiger partial charge in [-0.1, -0.05) is 0 Å². The highest BCUT2D eigenvalue weighted by Crippen LogP contribution is 2.35. The van der Waals surface area contributed by atoms with Gasteiger partial charge in [0.1, 0.15) is 17.6 Å². The number of ether oxygens (including phenoxy) is 2. The van der Waals surface area contributed by atoms with Crippen molar-refractivity contribution in [1.29, 1.82) is 0 Å². The Labute approximate surface area is 162 Å². The Kier molecular flexibility index (Phi) is 6.62. The van der Waals surface area contributed by atoms with Gasteiger partial charge >= 0.3 is 0 Å². The molecular formula is C19H31N3O4S. The molecule has 1 heterocycles. The molecule has 1 aromatic rings. The van der Waals surface area contributed by atoms with Gasteiger partial charge in [-0.15, -0.1) is 0 Å². The first-order chi connectivity index (χ1) is 12.6. The minimum atomic E-state index is -3.18. The molecule has 0 saturated heterocycles. The zero-order valence-corrected chi connectivity index (χ0v) is 17.9. The Balaban J connectivity index is 2.07. The summed E-state index contributed by atoms with van der Waals surface area (Å²) in [5, 5.41) is 6.30. The molecule has 0 amide bonds. The maximum atomic E-state index is 11.9. The summed E-state index contributed by atoms with van der Waals surface area (Å²) in [7, 11) is -1.53. The number of hydrogen-bond acceptors (Lipinski definition) is 5.